The minimum Gasteiger partial charge on any atom is -0.492 e. The number of aliphatic hydroxyl groups excluding tert-OH is 1. The summed E-state index contributed by atoms with van der Waals surface area (Å²) in [4.78, 5) is 4.01. The van der Waals surface area contributed by atoms with Crippen molar-refractivity contribution in [2.24, 2.45) is 0 Å². The number of aromatic nitrogens is 1. The van der Waals surface area contributed by atoms with E-state index in [4.69, 9.17) is 19.3 Å². The Labute approximate surface area is 101 Å². The van der Waals surface area contributed by atoms with Crippen molar-refractivity contribution in [2.45, 2.75) is 13.0 Å². The molecule has 1 aromatic heterocycles. The molecule has 0 aliphatic heterocycles. The van der Waals surface area contributed by atoms with E-state index in [1.807, 2.05) is 0 Å². The van der Waals surface area contributed by atoms with Crippen molar-refractivity contribution in [2.75, 3.05) is 33.5 Å². The molecule has 1 rings (SSSR count). The zero-order valence-corrected chi connectivity index (χ0v) is 10.1. The third-order valence-electron chi connectivity index (χ3n) is 2.09. The Morgan fingerprint density at radius 1 is 1.18 bits per heavy atom. The SMILES string of the molecule is COCCOCCCOc1ccc(CO)nc1. The molecule has 96 valence electrons. The normalized spacial score (nSPS) is 10.5. The van der Waals surface area contributed by atoms with Gasteiger partial charge in [0.1, 0.15) is 5.75 Å². The van der Waals surface area contributed by atoms with Crippen molar-refractivity contribution in [1.29, 1.82) is 0 Å². The highest BCUT2D eigenvalue weighted by Gasteiger charge is 1.96. The lowest BCUT2D eigenvalue weighted by atomic mass is 10.3. The third kappa shape index (κ3) is 6.21. The molecule has 0 saturated heterocycles. The summed E-state index contributed by atoms with van der Waals surface area (Å²) in [5.74, 6) is 0.707. The molecule has 1 heterocycles. The van der Waals surface area contributed by atoms with Crippen molar-refractivity contribution in [1.82, 2.24) is 4.98 Å². The molecular formula is C12H19NO4. The highest BCUT2D eigenvalue weighted by molar-refractivity contribution is 5.19. The van der Waals surface area contributed by atoms with E-state index in [2.05, 4.69) is 4.98 Å². The lowest BCUT2D eigenvalue weighted by Crippen LogP contribution is -2.06. The van der Waals surface area contributed by atoms with E-state index >= 15 is 0 Å². The third-order valence-corrected chi connectivity index (χ3v) is 2.09. The Kier molecular flexibility index (Phi) is 7.29. The largest absolute Gasteiger partial charge is 0.492 e. The highest BCUT2D eigenvalue weighted by atomic mass is 16.5. The molecule has 17 heavy (non-hydrogen) atoms. The van der Waals surface area contributed by atoms with Crippen molar-refractivity contribution in [3.8, 4) is 5.75 Å². The van der Waals surface area contributed by atoms with Gasteiger partial charge >= 0.3 is 0 Å². The Bertz CT molecular complexity index is 289. The van der Waals surface area contributed by atoms with Gasteiger partial charge in [-0.15, -0.1) is 0 Å². The van der Waals surface area contributed by atoms with Crippen LogP contribution in [0.4, 0.5) is 0 Å². The van der Waals surface area contributed by atoms with Gasteiger partial charge in [0.05, 0.1) is 38.3 Å². The zero-order valence-electron chi connectivity index (χ0n) is 10.1. The minimum atomic E-state index is -0.0480. The first-order valence-corrected chi connectivity index (χ1v) is 5.62. The van der Waals surface area contributed by atoms with Crippen LogP contribution in [-0.2, 0) is 16.1 Å². The predicted molar refractivity (Wildman–Crippen MR) is 63.0 cm³/mol. The Morgan fingerprint density at radius 2 is 2.06 bits per heavy atom. The van der Waals surface area contributed by atoms with Crippen LogP contribution in [-0.4, -0.2) is 43.6 Å². The van der Waals surface area contributed by atoms with Crippen LogP contribution in [0, 0.1) is 0 Å². The molecule has 0 aliphatic rings. The van der Waals surface area contributed by atoms with E-state index in [0.717, 1.165) is 6.42 Å². The van der Waals surface area contributed by atoms with Crippen LogP contribution in [0.15, 0.2) is 18.3 Å². The maximum atomic E-state index is 8.82. The standard InChI is InChI=1S/C12H19NO4/c1-15-7-8-16-5-2-6-17-12-4-3-11(10-14)13-9-12/h3-4,9,14H,2,5-8,10H2,1H3. The van der Waals surface area contributed by atoms with Crippen LogP contribution in [0.3, 0.4) is 0 Å². The molecule has 0 aromatic carbocycles. The summed E-state index contributed by atoms with van der Waals surface area (Å²) in [6, 6.07) is 3.54. The van der Waals surface area contributed by atoms with E-state index in [1.165, 1.54) is 0 Å². The topological polar surface area (TPSA) is 60.8 Å². The van der Waals surface area contributed by atoms with Crippen LogP contribution in [0.1, 0.15) is 12.1 Å². The molecule has 1 N–H and O–H groups in total. The molecule has 0 spiro atoms. The number of rotatable bonds is 9. The first-order chi connectivity index (χ1) is 8.36. The first-order valence-electron chi connectivity index (χ1n) is 5.62. The smallest absolute Gasteiger partial charge is 0.137 e. The summed E-state index contributed by atoms with van der Waals surface area (Å²) < 4.78 is 15.6. The van der Waals surface area contributed by atoms with Crippen LogP contribution in [0.5, 0.6) is 5.75 Å². The molecule has 5 nitrogen and oxygen atoms in total. The second-order valence-electron chi connectivity index (χ2n) is 3.45. The van der Waals surface area contributed by atoms with Crippen LogP contribution >= 0.6 is 0 Å². The van der Waals surface area contributed by atoms with Gasteiger partial charge in [0.15, 0.2) is 0 Å². The second kappa shape index (κ2) is 8.92. The van der Waals surface area contributed by atoms with Gasteiger partial charge in [-0.1, -0.05) is 0 Å². The lowest BCUT2D eigenvalue weighted by molar-refractivity contribution is 0.0644. The monoisotopic (exact) mass is 241 g/mol. The van der Waals surface area contributed by atoms with Gasteiger partial charge < -0.3 is 19.3 Å². The molecule has 0 aliphatic carbocycles. The molecule has 1 aromatic rings. The van der Waals surface area contributed by atoms with Crippen LogP contribution in [0.25, 0.3) is 0 Å². The predicted octanol–water partition coefficient (Wildman–Crippen LogP) is 1.01. The van der Waals surface area contributed by atoms with Gasteiger partial charge in [-0.2, -0.15) is 0 Å². The molecular weight excluding hydrogens is 222 g/mol. The summed E-state index contributed by atoms with van der Waals surface area (Å²) >= 11 is 0. The zero-order chi connectivity index (χ0) is 12.3. The summed E-state index contributed by atoms with van der Waals surface area (Å²) in [5, 5.41) is 8.82. The maximum absolute atomic E-state index is 8.82. The molecule has 0 radical (unpaired) electrons. The number of methoxy groups -OCH3 is 1. The van der Waals surface area contributed by atoms with Gasteiger partial charge in [-0.25, -0.2) is 0 Å². The van der Waals surface area contributed by atoms with Crippen molar-refractivity contribution < 1.29 is 19.3 Å². The highest BCUT2D eigenvalue weighted by Crippen LogP contribution is 2.09. The Balaban J connectivity index is 2.05. The average Bonchev–Trinajstić information content (AvgIpc) is 2.38. The Morgan fingerprint density at radius 3 is 2.71 bits per heavy atom. The van der Waals surface area contributed by atoms with Crippen molar-refractivity contribution in [3.05, 3.63) is 24.0 Å². The number of aliphatic hydroxyl groups is 1. The minimum absolute atomic E-state index is 0.0480. The van der Waals surface area contributed by atoms with Crippen molar-refractivity contribution >= 4 is 0 Å². The lowest BCUT2D eigenvalue weighted by Gasteiger charge is -2.06. The summed E-state index contributed by atoms with van der Waals surface area (Å²) in [7, 11) is 1.65. The van der Waals surface area contributed by atoms with Gasteiger partial charge in [0, 0.05) is 20.1 Å². The van der Waals surface area contributed by atoms with Crippen LogP contribution < -0.4 is 4.74 Å². The van der Waals surface area contributed by atoms with E-state index in [9.17, 15) is 0 Å². The van der Waals surface area contributed by atoms with E-state index < -0.39 is 0 Å². The summed E-state index contributed by atoms with van der Waals surface area (Å²) in [5.41, 5.74) is 0.639. The average molecular weight is 241 g/mol. The number of nitrogens with zero attached hydrogens (tertiary/aromatic N) is 1. The molecule has 0 atom stereocenters. The van der Waals surface area contributed by atoms with E-state index in [0.29, 0.717) is 37.9 Å². The van der Waals surface area contributed by atoms with E-state index in [1.54, 1.807) is 25.4 Å². The molecule has 0 saturated carbocycles. The first kappa shape index (κ1) is 13.9. The number of pyridine rings is 1. The molecule has 0 amide bonds. The van der Waals surface area contributed by atoms with Gasteiger partial charge in [-0.05, 0) is 12.1 Å². The fraction of sp³-hybridized carbons (Fsp3) is 0.583. The number of hydrogen-bond acceptors (Lipinski definition) is 5. The summed E-state index contributed by atoms with van der Waals surface area (Å²) in [6.07, 6.45) is 2.43. The number of ether oxygens (including phenoxy) is 3. The molecule has 0 unspecified atom stereocenters. The number of hydrogen-bond donors (Lipinski definition) is 1. The van der Waals surface area contributed by atoms with E-state index in [-0.39, 0.29) is 6.61 Å². The van der Waals surface area contributed by atoms with Crippen LogP contribution in [0.2, 0.25) is 0 Å². The molecule has 0 bridgehead atoms. The fourth-order valence-corrected chi connectivity index (χ4v) is 1.19. The maximum Gasteiger partial charge on any atom is 0.137 e. The van der Waals surface area contributed by atoms with Gasteiger partial charge in [-0.3, -0.25) is 4.98 Å². The van der Waals surface area contributed by atoms with Crippen molar-refractivity contribution in [3.63, 3.8) is 0 Å². The molecule has 0 fully saturated rings. The van der Waals surface area contributed by atoms with Gasteiger partial charge in [0.2, 0.25) is 0 Å². The fourth-order valence-electron chi connectivity index (χ4n) is 1.19. The molecule has 5 heteroatoms. The second-order valence-corrected chi connectivity index (χ2v) is 3.45. The quantitative estimate of drug-likeness (QED) is 0.654. The summed E-state index contributed by atoms with van der Waals surface area (Å²) in [6.45, 7) is 2.43. The Hall–Kier alpha value is -1.17. The van der Waals surface area contributed by atoms with Gasteiger partial charge in [0.25, 0.3) is 0 Å².